The Morgan fingerprint density at radius 3 is 3.31 bits per heavy atom. The van der Waals surface area contributed by atoms with Crippen LogP contribution in [-0.2, 0) is 9.47 Å². The van der Waals surface area contributed by atoms with E-state index in [0.29, 0.717) is 17.9 Å². The van der Waals surface area contributed by atoms with E-state index in [2.05, 4.69) is 4.98 Å². The Labute approximate surface area is 75.5 Å². The smallest absolute Gasteiger partial charge is 0.360 e. The van der Waals surface area contributed by atoms with Crippen LogP contribution in [0, 0.1) is 0 Å². The van der Waals surface area contributed by atoms with E-state index in [0.717, 1.165) is 0 Å². The number of pyridine rings is 1. The van der Waals surface area contributed by atoms with Crippen molar-refractivity contribution >= 4 is 5.97 Å². The minimum Gasteiger partial charge on any atom is -0.426 e. The third kappa shape index (κ3) is 1.29. The summed E-state index contributed by atoms with van der Waals surface area (Å²) in [5.74, 6) is -0.408. The summed E-state index contributed by atoms with van der Waals surface area (Å²) in [7, 11) is 0. The van der Waals surface area contributed by atoms with Crippen molar-refractivity contribution in [3.05, 3.63) is 29.6 Å². The van der Waals surface area contributed by atoms with Crippen LogP contribution in [0.4, 0.5) is 0 Å². The molecule has 1 aliphatic heterocycles. The lowest BCUT2D eigenvalue weighted by molar-refractivity contribution is -0.0993. The number of hydrogen-bond acceptors (Lipinski definition) is 4. The van der Waals surface area contributed by atoms with Gasteiger partial charge in [-0.25, -0.2) is 9.78 Å². The highest BCUT2D eigenvalue weighted by molar-refractivity contribution is 5.91. The fraction of sp³-hybridized carbons (Fsp3) is 0.333. The van der Waals surface area contributed by atoms with Gasteiger partial charge >= 0.3 is 5.97 Å². The Hall–Kier alpha value is -1.42. The molecule has 0 aliphatic carbocycles. The van der Waals surface area contributed by atoms with Crippen LogP contribution in [0.15, 0.2) is 18.3 Å². The van der Waals surface area contributed by atoms with E-state index < -0.39 is 12.3 Å². The van der Waals surface area contributed by atoms with E-state index in [9.17, 15) is 4.79 Å². The Bertz CT molecular complexity index is 337. The largest absolute Gasteiger partial charge is 0.426 e. The number of aromatic nitrogens is 1. The van der Waals surface area contributed by atoms with Gasteiger partial charge in [0, 0.05) is 12.8 Å². The molecule has 0 saturated carbocycles. The molecule has 0 N–H and O–H groups in total. The van der Waals surface area contributed by atoms with Crippen molar-refractivity contribution in [3.63, 3.8) is 0 Å². The SMILES string of the molecule is CCOC1OC(=O)c2ncccc21. The molecule has 2 rings (SSSR count). The number of carbonyl (C=O) groups excluding carboxylic acids is 1. The Morgan fingerprint density at radius 1 is 1.69 bits per heavy atom. The highest BCUT2D eigenvalue weighted by Gasteiger charge is 2.32. The molecule has 1 atom stereocenters. The number of ether oxygens (including phenoxy) is 2. The average Bonchev–Trinajstić information content (AvgIpc) is 2.46. The predicted molar refractivity (Wildman–Crippen MR) is 44.0 cm³/mol. The average molecular weight is 179 g/mol. The summed E-state index contributed by atoms with van der Waals surface area (Å²) in [5.41, 5.74) is 1.08. The molecule has 0 spiro atoms. The molecule has 0 fully saturated rings. The molecule has 13 heavy (non-hydrogen) atoms. The van der Waals surface area contributed by atoms with Crippen LogP contribution in [0.3, 0.4) is 0 Å². The molecule has 0 aromatic carbocycles. The molecule has 0 saturated heterocycles. The van der Waals surface area contributed by atoms with Crippen molar-refractivity contribution < 1.29 is 14.3 Å². The first kappa shape index (κ1) is 8.19. The van der Waals surface area contributed by atoms with Gasteiger partial charge in [0.05, 0.1) is 5.56 Å². The Morgan fingerprint density at radius 2 is 2.54 bits per heavy atom. The van der Waals surface area contributed by atoms with Crippen LogP contribution in [0.1, 0.15) is 29.3 Å². The molecule has 4 nitrogen and oxygen atoms in total. The first-order valence-corrected chi connectivity index (χ1v) is 4.10. The minimum absolute atomic E-state index is 0.362. The number of nitrogens with zero attached hydrogens (tertiary/aromatic N) is 1. The minimum atomic E-state index is -0.568. The van der Waals surface area contributed by atoms with Gasteiger partial charge in [-0.15, -0.1) is 0 Å². The summed E-state index contributed by atoms with van der Waals surface area (Å²) in [4.78, 5) is 15.1. The molecule has 1 aliphatic rings. The van der Waals surface area contributed by atoms with Gasteiger partial charge in [-0.3, -0.25) is 0 Å². The van der Waals surface area contributed by atoms with Crippen molar-refractivity contribution in [2.24, 2.45) is 0 Å². The lowest BCUT2D eigenvalue weighted by Gasteiger charge is -2.08. The highest BCUT2D eigenvalue weighted by atomic mass is 16.7. The van der Waals surface area contributed by atoms with Gasteiger partial charge < -0.3 is 9.47 Å². The number of cyclic esters (lactones) is 1. The van der Waals surface area contributed by atoms with Gasteiger partial charge in [0.1, 0.15) is 0 Å². The van der Waals surface area contributed by atoms with Gasteiger partial charge in [0.15, 0.2) is 5.69 Å². The molecule has 1 aromatic heterocycles. The molecule has 4 heteroatoms. The quantitative estimate of drug-likeness (QED) is 0.642. The van der Waals surface area contributed by atoms with Crippen LogP contribution in [0.25, 0.3) is 0 Å². The molecule has 2 heterocycles. The highest BCUT2D eigenvalue weighted by Crippen LogP contribution is 2.29. The standard InChI is InChI=1S/C9H9NO3/c1-2-12-9-6-4-3-5-10-7(6)8(11)13-9/h3-5,9H,2H2,1H3. The number of carbonyl (C=O) groups is 1. The maximum atomic E-state index is 11.2. The zero-order valence-corrected chi connectivity index (χ0v) is 7.19. The predicted octanol–water partition coefficient (Wildman–Crippen LogP) is 1.29. The second-order valence-electron chi connectivity index (χ2n) is 2.63. The lowest BCUT2D eigenvalue weighted by Crippen LogP contribution is -2.03. The topological polar surface area (TPSA) is 48.4 Å². The summed E-state index contributed by atoms with van der Waals surface area (Å²) in [6.07, 6.45) is 0.996. The third-order valence-corrected chi connectivity index (χ3v) is 1.82. The van der Waals surface area contributed by atoms with E-state index in [4.69, 9.17) is 9.47 Å². The monoisotopic (exact) mass is 179 g/mol. The Kier molecular flexibility index (Phi) is 1.98. The second-order valence-corrected chi connectivity index (χ2v) is 2.63. The summed E-state index contributed by atoms with van der Waals surface area (Å²) in [6, 6.07) is 3.54. The van der Waals surface area contributed by atoms with Gasteiger partial charge in [-0.05, 0) is 19.1 Å². The van der Waals surface area contributed by atoms with Crippen LogP contribution < -0.4 is 0 Å². The first-order chi connectivity index (χ1) is 6.33. The molecule has 1 aromatic rings. The molecule has 68 valence electrons. The summed E-state index contributed by atoms with van der Waals surface area (Å²) < 4.78 is 10.2. The molecular weight excluding hydrogens is 170 g/mol. The number of esters is 1. The van der Waals surface area contributed by atoms with Crippen molar-refractivity contribution in [3.8, 4) is 0 Å². The molecule has 0 radical (unpaired) electrons. The van der Waals surface area contributed by atoms with E-state index >= 15 is 0 Å². The number of fused-ring (bicyclic) bond motifs is 1. The van der Waals surface area contributed by atoms with Crippen molar-refractivity contribution in [1.82, 2.24) is 4.98 Å². The van der Waals surface area contributed by atoms with Crippen molar-refractivity contribution in [2.45, 2.75) is 13.2 Å². The number of rotatable bonds is 2. The van der Waals surface area contributed by atoms with Crippen LogP contribution in [0.2, 0.25) is 0 Å². The van der Waals surface area contributed by atoms with E-state index in [-0.39, 0.29) is 0 Å². The Balaban J connectivity index is 2.36. The number of hydrogen-bond donors (Lipinski definition) is 0. The molecule has 0 amide bonds. The summed E-state index contributed by atoms with van der Waals surface area (Å²) in [6.45, 7) is 2.36. The second kappa shape index (κ2) is 3.14. The summed E-state index contributed by atoms with van der Waals surface area (Å²) >= 11 is 0. The van der Waals surface area contributed by atoms with E-state index in [1.165, 1.54) is 0 Å². The van der Waals surface area contributed by atoms with Crippen LogP contribution in [-0.4, -0.2) is 17.6 Å². The van der Waals surface area contributed by atoms with Gasteiger partial charge in [0.25, 0.3) is 0 Å². The zero-order chi connectivity index (χ0) is 9.26. The van der Waals surface area contributed by atoms with Crippen LogP contribution >= 0.6 is 0 Å². The van der Waals surface area contributed by atoms with Crippen molar-refractivity contribution in [1.29, 1.82) is 0 Å². The molecule has 0 bridgehead atoms. The van der Waals surface area contributed by atoms with Crippen LogP contribution in [0.5, 0.6) is 0 Å². The normalized spacial score (nSPS) is 19.8. The van der Waals surface area contributed by atoms with Gasteiger partial charge in [0.2, 0.25) is 6.29 Å². The van der Waals surface area contributed by atoms with Gasteiger partial charge in [-0.2, -0.15) is 0 Å². The van der Waals surface area contributed by atoms with Crippen molar-refractivity contribution in [2.75, 3.05) is 6.61 Å². The summed E-state index contributed by atoms with van der Waals surface area (Å²) in [5, 5.41) is 0. The fourth-order valence-electron chi connectivity index (χ4n) is 1.27. The molecular formula is C9H9NO3. The van der Waals surface area contributed by atoms with E-state index in [1.54, 1.807) is 18.3 Å². The van der Waals surface area contributed by atoms with E-state index in [1.807, 2.05) is 6.92 Å². The maximum Gasteiger partial charge on any atom is 0.360 e. The lowest BCUT2D eigenvalue weighted by atomic mass is 10.2. The first-order valence-electron chi connectivity index (χ1n) is 4.10. The third-order valence-electron chi connectivity index (χ3n) is 1.82. The van der Waals surface area contributed by atoms with Gasteiger partial charge in [-0.1, -0.05) is 0 Å². The fourth-order valence-corrected chi connectivity index (χ4v) is 1.27. The molecule has 1 unspecified atom stereocenters. The zero-order valence-electron chi connectivity index (χ0n) is 7.19. The maximum absolute atomic E-state index is 11.2.